The van der Waals surface area contributed by atoms with Crippen molar-refractivity contribution in [3.63, 3.8) is 0 Å². The smallest absolute Gasteiger partial charge is 0.311 e. The second kappa shape index (κ2) is 10.6. The van der Waals surface area contributed by atoms with Gasteiger partial charge in [-0.05, 0) is 41.6 Å². The number of thiazole rings is 1. The summed E-state index contributed by atoms with van der Waals surface area (Å²) in [6.45, 7) is 6.21. The van der Waals surface area contributed by atoms with Crippen molar-refractivity contribution < 1.29 is 14.3 Å². The topological polar surface area (TPSA) is 72.8 Å². The van der Waals surface area contributed by atoms with Crippen LogP contribution < -0.4 is 10.2 Å². The van der Waals surface area contributed by atoms with Crippen LogP contribution in [0.4, 0.5) is 5.13 Å². The zero-order valence-corrected chi connectivity index (χ0v) is 18.6. The highest BCUT2D eigenvalue weighted by molar-refractivity contribution is 14.1. The predicted molar refractivity (Wildman–Crippen MR) is 116 cm³/mol. The average Bonchev–Trinajstić information content (AvgIpc) is 3.01. The lowest BCUT2D eigenvalue weighted by Crippen LogP contribution is -2.07. The number of anilines is 1. The number of hydrazone groups is 1. The summed E-state index contributed by atoms with van der Waals surface area (Å²) >= 11 is 7.05. The maximum Gasteiger partial charge on any atom is 0.311 e. The summed E-state index contributed by atoms with van der Waals surface area (Å²) in [4.78, 5) is 15.8. The van der Waals surface area contributed by atoms with Gasteiger partial charge in [-0.3, -0.25) is 10.2 Å². The molecular weight excluding hydrogens is 533 g/mol. The molecule has 6 nitrogen and oxygen atoms in total. The van der Waals surface area contributed by atoms with Crippen LogP contribution in [-0.4, -0.2) is 30.4 Å². The van der Waals surface area contributed by atoms with Gasteiger partial charge < -0.3 is 9.47 Å². The number of benzene rings is 1. The molecular formula is C17H17BrIN3O3S. The first-order valence-corrected chi connectivity index (χ1v) is 10.4. The van der Waals surface area contributed by atoms with Gasteiger partial charge in [0.25, 0.3) is 0 Å². The molecule has 2 rings (SSSR count). The summed E-state index contributed by atoms with van der Waals surface area (Å²) in [5.41, 5.74) is 4.34. The van der Waals surface area contributed by atoms with Gasteiger partial charge in [0.2, 0.25) is 5.13 Å². The summed E-state index contributed by atoms with van der Waals surface area (Å²) in [6.07, 6.45) is 3.51. The molecule has 26 heavy (non-hydrogen) atoms. The van der Waals surface area contributed by atoms with Gasteiger partial charge in [-0.25, -0.2) is 4.98 Å². The Kier molecular flexibility index (Phi) is 8.52. The van der Waals surface area contributed by atoms with E-state index in [0.29, 0.717) is 24.0 Å². The third kappa shape index (κ3) is 6.36. The van der Waals surface area contributed by atoms with Crippen LogP contribution in [0.15, 0.2) is 39.7 Å². The summed E-state index contributed by atoms with van der Waals surface area (Å²) in [6, 6.07) is 3.88. The minimum Gasteiger partial charge on any atom is -0.488 e. The number of ether oxygens (including phenoxy) is 2. The van der Waals surface area contributed by atoms with Gasteiger partial charge in [-0.15, -0.1) is 11.3 Å². The van der Waals surface area contributed by atoms with Crippen molar-refractivity contribution >= 4 is 67.2 Å². The number of carbonyl (C=O) groups excluding carboxylic acids is 1. The van der Waals surface area contributed by atoms with Gasteiger partial charge in [0.15, 0.2) is 0 Å². The molecule has 0 amide bonds. The maximum atomic E-state index is 11.5. The fourth-order valence-electron chi connectivity index (χ4n) is 1.93. The van der Waals surface area contributed by atoms with Crippen molar-refractivity contribution in [3.8, 4) is 5.75 Å². The van der Waals surface area contributed by atoms with E-state index in [1.54, 1.807) is 24.6 Å². The van der Waals surface area contributed by atoms with Gasteiger partial charge in [-0.1, -0.05) is 28.6 Å². The maximum absolute atomic E-state index is 11.5. The highest BCUT2D eigenvalue weighted by Crippen LogP contribution is 2.29. The molecule has 0 unspecified atom stereocenters. The first-order valence-electron chi connectivity index (χ1n) is 7.65. The molecule has 0 radical (unpaired) electrons. The van der Waals surface area contributed by atoms with E-state index in [4.69, 9.17) is 9.47 Å². The Morgan fingerprint density at radius 1 is 1.54 bits per heavy atom. The standard InChI is InChI=1S/C17H17BrIN3O3S/c1-3-5-25-16-11(6-12(18)7-14(16)19)9-20-22-17-21-13(10-26-17)8-15(23)24-4-2/h3,6-7,9-10H,1,4-5,8H2,2H3,(H,21,22). The molecule has 0 atom stereocenters. The molecule has 1 aromatic heterocycles. The largest absolute Gasteiger partial charge is 0.488 e. The number of rotatable bonds is 9. The number of esters is 1. The summed E-state index contributed by atoms with van der Waals surface area (Å²) in [5, 5.41) is 6.62. The molecule has 1 heterocycles. The molecule has 0 saturated carbocycles. The summed E-state index contributed by atoms with van der Waals surface area (Å²) in [7, 11) is 0. The average molecular weight is 550 g/mol. The van der Waals surface area contributed by atoms with Crippen LogP contribution in [0.25, 0.3) is 0 Å². The number of hydrogen-bond acceptors (Lipinski definition) is 7. The Bertz CT molecular complexity index is 811. The van der Waals surface area contributed by atoms with Crippen molar-refractivity contribution in [1.82, 2.24) is 4.98 Å². The monoisotopic (exact) mass is 549 g/mol. The number of halogens is 2. The lowest BCUT2D eigenvalue weighted by Gasteiger charge is -2.10. The van der Waals surface area contributed by atoms with Crippen LogP contribution in [0.5, 0.6) is 5.75 Å². The normalized spacial score (nSPS) is 10.7. The highest BCUT2D eigenvalue weighted by Gasteiger charge is 2.10. The Morgan fingerprint density at radius 2 is 2.35 bits per heavy atom. The van der Waals surface area contributed by atoms with Crippen LogP contribution in [-0.2, 0) is 16.0 Å². The molecule has 0 aliphatic rings. The number of aromatic nitrogens is 1. The van der Waals surface area contributed by atoms with Crippen molar-refractivity contribution in [1.29, 1.82) is 0 Å². The van der Waals surface area contributed by atoms with Crippen LogP contribution in [0, 0.1) is 3.57 Å². The van der Waals surface area contributed by atoms with E-state index < -0.39 is 0 Å². The lowest BCUT2D eigenvalue weighted by molar-refractivity contribution is -0.142. The zero-order valence-electron chi connectivity index (χ0n) is 14.0. The SMILES string of the molecule is C=CCOc1c(I)cc(Br)cc1C=NNc1nc(CC(=O)OCC)cs1. The van der Waals surface area contributed by atoms with Crippen molar-refractivity contribution in [2.75, 3.05) is 18.6 Å². The molecule has 0 fully saturated rings. The van der Waals surface area contributed by atoms with Gasteiger partial charge in [0.1, 0.15) is 12.4 Å². The minimum absolute atomic E-state index is 0.152. The van der Waals surface area contributed by atoms with Gasteiger partial charge in [0.05, 0.1) is 28.5 Å². The molecule has 1 aromatic carbocycles. The van der Waals surface area contributed by atoms with E-state index in [0.717, 1.165) is 19.4 Å². The zero-order chi connectivity index (χ0) is 18.9. The molecule has 9 heteroatoms. The van der Waals surface area contributed by atoms with E-state index in [1.165, 1.54) is 11.3 Å². The summed E-state index contributed by atoms with van der Waals surface area (Å²) < 4.78 is 12.5. The van der Waals surface area contributed by atoms with E-state index in [2.05, 4.69) is 60.6 Å². The van der Waals surface area contributed by atoms with Crippen LogP contribution in [0.2, 0.25) is 0 Å². The van der Waals surface area contributed by atoms with E-state index in [9.17, 15) is 4.79 Å². The number of nitrogens with zero attached hydrogens (tertiary/aromatic N) is 2. The molecule has 0 saturated heterocycles. The molecule has 0 bridgehead atoms. The van der Waals surface area contributed by atoms with Crippen LogP contribution in [0.3, 0.4) is 0 Å². The second-order valence-electron chi connectivity index (χ2n) is 4.90. The fraction of sp³-hybridized carbons (Fsp3) is 0.235. The number of nitrogens with one attached hydrogen (secondary N) is 1. The van der Waals surface area contributed by atoms with Crippen LogP contribution in [0.1, 0.15) is 18.2 Å². The van der Waals surface area contributed by atoms with E-state index in [-0.39, 0.29) is 12.4 Å². The number of carbonyl (C=O) groups is 1. The molecule has 2 aromatic rings. The molecule has 138 valence electrons. The minimum atomic E-state index is -0.291. The Hall–Kier alpha value is -1.46. The number of hydrogen-bond donors (Lipinski definition) is 1. The Balaban J connectivity index is 2.05. The lowest BCUT2D eigenvalue weighted by atomic mass is 10.2. The highest BCUT2D eigenvalue weighted by atomic mass is 127. The first-order chi connectivity index (χ1) is 12.5. The third-order valence-corrected chi connectivity index (χ3v) is 4.98. The quantitative estimate of drug-likeness (QED) is 0.162. The predicted octanol–water partition coefficient (Wildman–Crippen LogP) is 4.63. The van der Waals surface area contributed by atoms with Gasteiger partial charge in [0, 0.05) is 15.4 Å². The summed E-state index contributed by atoms with van der Waals surface area (Å²) in [5.74, 6) is 0.446. The van der Waals surface area contributed by atoms with Gasteiger partial charge in [-0.2, -0.15) is 5.10 Å². The van der Waals surface area contributed by atoms with Crippen molar-refractivity contribution in [2.24, 2.45) is 5.10 Å². The Labute approximate surface area is 178 Å². The molecule has 0 spiro atoms. The molecule has 1 N–H and O–H groups in total. The van der Waals surface area contributed by atoms with Crippen molar-refractivity contribution in [3.05, 3.63) is 49.5 Å². The first kappa shape index (κ1) is 20.8. The Morgan fingerprint density at radius 3 is 3.08 bits per heavy atom. The molecule has 0 aliphatic heterocycles. The van der Waals surface area contributed by atoms with Crippen LogP contribution >= 0.6 is 49.9 Å². The van der Waals surface area contributed by atoms with E-state index in [1.807, 2.05) is 12.1 Å². The third-order valence-electron chi connectivity index (χ3n) is 2.93. The van der Waals surface area contributed by atoms with Gasteiger partial charge >= 0.3 is 5.97 Å². The van der Waals surface area contributed by atoms with Crippen molar-refractivity contribution in [2.45, 2.75) is 13.3 Å². The molecule has 0 aliphatic carbocycles. The van der Waals surface area contributed by atoms with E-state index >= 15 is 0 Å². The fourth-order valence-corrected chi connectivity index (χ4v) is 4.29. The second-order valence-corrected chi connectivity index (χ2v) is 7.84.